The van der Waals surface area contributed by atoms with E-state index in [0.717, 1.165) is 0 Å². The highest BCUT2D eigenvalue weighted by molar-refractivity contribution is 7.90. The van der Waals surface area contributed by atoms with Crippen LogP contribution in [0.4, 0.5) is 11.5 Å². The Kier molecular flexibility index (Phi) is 3.61. The third-order valence-corrected chi connectivity index (χ3v) is 4.72. The molecule has 0 radical (unpaired) electrons. The summed E-state index contributed by atoms with van der Waals surface area (Å²) in [5.74, 6) is 0.0209. The highest BCUT2D eigenvalue weighted by Gasteiger charge is 2.31. The summed E-state index contributed by atoms with van der Waals surface area (Å²) in [6.07, 6.45) is 1.50. The number of ether oxygens (including phenoxy) is 1. The van der Waals surface area contributed by atoms with Gasteiger partial charge >= 0.3 is 5.97 Å². The van der Waals surface area contributed by atoms with Gasteiger partial charge in [0.15, 0.2) is 5.82 Å². The fourth-order valence-electron chi connectivity index (χ4n) is 2.37. The highest BCUT2D eigenvalue weighted by Crippen LogP contribution is 2.34. The summed E-state index contributed by atoms with van der Waals surface area (Å²) in [4.78, 5) is 17.5. The zero-order valence-corrected chi connectivity index (χ0v) is 13.2. The SMILES string of the molecule is COC(=O)c1cccc(N2C(C)=NS(=O)(=O)c3cccnc32)c1. The van der Waals surface area contributed by atoms with Crippen molar-refractivity contribution in [3.8, 4) is 0 Å². The van der Waals surface area contributed by atoms with Crippen LogP contribution in [0.5, 0.6) is 0 Å². The van der Waals surface area contributed by atoms with Crippen molar-refractivity contribution in [3.05, 3.63) is 48.2 Å². The van der Waals surface area contributed by atoms with Crippen LogP contribution in [0.1, 0.15) is 17.3 Å². The zero-order chi connectivity index (χ0) is 16.6. The summed E-state index contributed by atoms with van der Waals surface area (Å²) in [6, 6.07) is 9.62. The number of nitrogens with zero attached hydrogens (tertiary/aromatic N) is 3. The molecule has 23 heavy (non-hydrogen) atoms. The number of hydrogen-bond acceptors (Lipinski definition) is 6. The van der Waals surface area contributed by atoms with Crippen LogP contribution in [-0.4, -0.2) is 32.3 Å². The number of sulfonamides is 1. The van der Waals surface area contributed by atoms with Gasteiger partial charge in [-0.05, 0) is 37.3 Å². The Labute approximate surface area is 133 Å². The molecule has 8 heteroatoms. The lowest BCUT2D eigenvalue weighted by Gasteiger charge is -2.28. The van der Waals surface area contributed by atoms with E-state index in [0.29, 0.717) is 11.3 Å². The smallest absolute Gasteiger partial charge is 0.337 e. The molecule has 7 nitrogen and oxygen atoms in total. The predicted octanol–water partition coefficient (Wildman–Crippen LogP) is 2.13. The Morgan fingerprint density at radius 1 is 1.22 bits per heavy atom. The number of aromatic nitrogens is 1. The number of hydrogen-bond donors (Lipinski definition) is 0. The first-order valence-corrected chi connectivity index (χ1v) is 8.13. The van der Waals surface area contributed by atoms with E-state index < -0.39 is 16.0 Å². The quantitative estimate of drug-likeness (QED) is 0.783. The van der Waals surface area contributed by atoms with Crippen molar-refractivity contribution in [1.82, 2.24) is 4.98 Å². The van der Waals surface area contributed by atoms with Crippen molar-refractivity contribution in [3.63, 3.8) is 0 Å². The fraction of sp³-hybridized carbons (Fsp3) is 0.133. The molecular formula is C15H13N3O4S. The zero-order valence-electron chi connectivity index (χ0n) is 12.4. The lowest BCUT2D eigenvalue weighted by atomic mass is 10.2. The maximum absolute atomic E-state index is 12.2. The molecule has 1 aromatic heterocycles. The van der Waals surface area contributed by atoms with Gasteiger partial charge in [0.05, 0.1) is 12.7 Å². The number of anilines is 2. The van der Waals surface area contributed by atoms with E-state index in [1.807, 2.05) is 0 Å². The van der Waals surface area contributed by atoms with Crippen LogP contribution >= 0.6 is 0 Å². The van der Waals surface area contributed by atoms with Gasteiger partial charge in [-0.3, -0.25) is 4.90 Å². The topological polar surface area (TPSA) is 88.9 Å². The Bertz CT molecular complexity index is 922. The first-order valence-electron chi connectivity index (χ1n) is 6.69. The van der Waals surface area contributed by atoms with Gasteiger partial charge in [0, 0.05) is 11.9 Å². The highest BCUT2D eigenvalue weighted by atomic mass is 32.2. The maximum atomic E-state index is 12.2. The first kappa shape index (κ1) is 15.2. The van der Waals surface area contributed by atoms with Crippen molar-refractivity contribution in [1.29, 1.82) is 0 Å². The normalized spacial score (nSPS) is 15.6. The third kappa shape index (κ3) is 2.57. The molecule has 3 rings (SSSR count). The second-order valence-electron chi connectivity index (χ2n) is 4.82. The predicted molar refractivity (Wildman–Crippen MR) is 84.5 cm³/mol. The van der Waals surface area contributed by atoms with Gasteiger partial charge in [-0.1, -0.05) is 6.07 Å². The van der Waals surface area contributed by atoms with E-state index in [9.17, 15) is 13.2 Å². The number of fused-ring (bicyclic) bond motifs is 1. The monoisotopic (exact) mass is 331 g/mol. The van der Waals surface area contributed by atoms with Gasteiger partial charge in [-0.15, -0.1) is 4.40 Å². The Balaban J connectivity index is 2.19. The maximum Gasteiger partial charge on any atom is 0.337 e. The molecule has 1 aliphatic heterocycles. The van der Waals surface area contributed by atoms with Crippen molar-refractivity contribution < 1.29 is 17.9 Å². The number of carbonyl (C=O) groups is 1. The van der Waals surface area contributed by atoms with Gasteiger partial charge in [0.2, 0.25) is 0 Å². The van der Waals surface area contributed by atoms with Crippen LogP contribution in [0.15, 0.2) is 51.9 Å². The van der Waals surface area contributed by atoms with E-state index >= 15 is 0 Å². The average molecular weight is 331 g/mol. The number of pyridine rings is 1. The second-order valence-corrected chi connectivity index (χ2v) is 6.39. The molecule has 0 N–H and O–H groups in total. The van der Waals surface area contributed by atoms with Crippen LogP contribution in [0.3, 0.4) is 0 Å². The van der Waals surface area contributed by atoms with E-state index in [-0.39, 0.29) is 16.5 Å². The number of carbonyl (C=O) groups excluding carboxylic acids is 1. The van der Waals surface area contributed by atoms with Crippen molar-refractivity contribution in [2.24, 2.45) is 4.40 Å². The molecule has 0 fully saturated rings. The van der Waals surface area contributed by atoms with Gasteiger partial charge in [-0.2, -0.15) is 8.42 Å². The van der Waals surface area contributed by atoms with Gasteiger partial charge in [0.25, 0.3) is 10.0 Å². The number of benzene rings is 1. The van der Waals surface area contributed by atoms with E-state index in [2.05, 4.69) is 9.38 Å². The molecular weight excluding hydrogens is 318 g/mol. The van der Waals surface area contributed by atoms with Crippen LogP contribution in [0.2, 0.25) is 0 Å². The van der Waals surface area contributed by atoms with Crippen molar-refractivity contribution in [2.75, 3.05) is 12.0 Å². The molecule has 0 saturated carbocycles. The Morgan fingerprint density at radius 2 is 2.00 bits per heavy atom. The molecule has 0 amide bonds. The summed E-state index contributed by atoms with van der Waals surface area (Å²) in [5.41, 5.74) is 0.924. The average Bonchev–Trinajstić information content (AvgIpc) is 2.54. The van der Waals surface area contributed by atoms with E-state index in [1.165, 1.54) is 25.4 Å². The molecule has 118 valence electrons. The van der Waals surface area contributed by atoms with Crippen molar-refractivity contribution >= 4 is 33.3 Å². The summed E-state index contributed by atoms with van der Waals surface area (Å²) in [7, 11) is -2.47. The summed E-state index contributed by atoms with van der Waals surface area (Å²) >= 11 is 0. The molecule has 0 atom stereocenters. The molecule has 0 bridgehead atoms. The minimum atomic E-state index is -3.77. The third-order valence-electron chi connectivity index (χ3n) is 3.34. The van der Waals surface area contributed by atoms with Crippen molar-refractivity contribution in [2.45, 2.75) is 11.8 Å². The molecule has 1 aromatic carbocycles. The van der Waals surface area contributed by atoms with Crippen LogP contribution in [-0.2, 0) is 14.8 Å². The molecule has 2 heterocycles. The molecule has 0 aliphatic carbocycles. The fourth-order valence-corrected chi connectivity index (χ4v) is 3.52. The second kappa shape index (κ2) is 5.47. The largest absolute Gasteiger partial charge is 0.465 e. The van der Waals surface area contributed by atoms with Crippen LogP contribution in [0.25, 0.3) is 0 Å². The van der Waals surface area contributed by atoms with E-state index in [4.69, 9.17) is 4.74 Å². The van der Waals surface area contributed by atoms with Gasteiger partial charge in [-0.25, -0.2) is 9.78 Å². The number of esters is 1. The van der Waals surface area contributed by atoms with Gasteiger partial charge in [0.1, 0.15) is 10.7 Å². The summed E-state index contributed by atoms with van der Waals surface area (Å²) in [5, 5.41) is 0. The minimum Gasteiger partial charge on any atom is -0.465 e. The first-order chi connectivity index (χ1) is 10.9. The Morgan fingerprint density at radius 3 is 2.74 bits per heavy atom. The minimum absolute atomic E-state index is 0.0223. The summed E-state index contributed by atoms with van der Waals surface area (Å²) < 4.78 is 32.8. The van der Waals surface area contributed by atoms with Gasteiger partial charge < -0.3 is 4.74 Å². The molecule has 1 aliphatic rings. The molecule has 2 aromatic rings. The van der Waals surface area contributed by atoms with Crippen LogP contribution < -0.4 is 4.90 Å². The molecule has 0 saturated heterocycles. The number of rotatable bonds is 2. The molecule has 0 unspecified atom stereocenters. The summed E-state index contributed by atoms with van der Waals surface area (Å²) in [6.45, 7) is 1.57. The van der Waals surface area contributed by atoms with Crippen LogP contribution in [0, 0.1) is 0 Å². The molecule has 0 spiro atoms. The lowest BCUT2D eigenvalue weighted by Crippen LogP contribution is -2.30. The number of methoxy groups -OCH3 is 1. The Hall–Kier alpha value is -2.74. The standard InChI is InChI=1S/C15H13N3O4S/c1-10-17-23(20,21)13-7-4-8-16-14(13)18(10)12-6-3-5-11(9-12)15(19)22-2/h3-9H,1-2H3. The number of amidine groups is 1. The lowest BCUT2D eigenvalue weighted by molar-refractivity contribution is 0.0600. The van der Waals surface area contributed by atoms with E-state index in [1.54, 1.807) is 36.1 Å².